The molecule has 0 saturated carbocycles. The molecule has 0 aromatic carbocycles. The summed E-state index contributed by atoms with van der Waals surface area (Å²) >= 11 is 0. The number of nitrogens with two attached hydrogens (primary N) is 1. The van der Waals surface area contributed by atoms with Gasteiger partial charge in [0.1, 0.15) is 0 Å². The Morgan fingerprint density at radius 3 is 1.67 bits per heavy atom. The van der Waals surface area contributed by atoms with E-state index in [1.54, 1.807) is 0 Å². The summed E-state index contributed by atoms with van der Waals surface area (Å²) in [7, 11) is 0. The third kappa shape index (κ3) is 8.38. The quantitative estimate of drug-likeness (QED) is 0.404. The molecule has 0 aromatic heterocycles. The third-order valence-electron chi connectivity index (χ3n) is 0. The van der Waals surface area contributed by atoms with Gasteiger partial charge in [0, 0.05) is 17.7 Å². The van der Waals surface area contributed by atoms with Crippen molar-refractivity contribution in [2.24, 2.45) is 5.73 Å². The Morgan fingerprint density at radius 1 is 1.67 bits per heavy atom. The highest BCUT2D eigenvalue weighted by atomic mass is 16.1. The van der Waals surface area contributed by atoms with Gasteiger partial charge in [-0.1, -0.05) is 0 Å². The maximum atomic E-state index is 9.22. The Kier molecular flexibility index (Phi) is 13.4. The predicted molar refractivity (Wildman–Crippen MR) is 18.3 cm³/mol. The van der Waals surface area contributed by atoms with Crippen molar-refractivity contribution in [3.63, 3.8) is 0 Å². The summed E-state index contributed by atoms with van der Waals surface area (Å²) in [4.78, 5) is 9.22. The lowest BCUT2D eigenvalue weighted by Gasteiger charge is -1.60. The molecule has 0 bridgehead atoms. The highest BCUT2D eigenvalue weighted by Crippen LogP contribution is 1.33. The van der Waals surface area contributed by atoms with Crippen LogP contribution in [0.2, 0.25) is 0 Å². The first-order valence-corrected chi connectivity index (χ1v) is 1.19. The highest BCUT2D eigenvalue weighted by Gasteiger charge is 1.61. The number of carbonyl (C=O) groups excluding carboxylic acids is 1. The van der Waals surface area contributed by atoms with Crippen molar-refractivity contribution in [2.45, 2.75) is 6.92 Å². The summed E-state index contributed by atoms with van der Waals surface area (Å²) in [6, 6.07) is 0. The van der Waals surface area contributed by atoms with Gasteiger partial charge in [0.15, 0.2) is 0 Å². The van der Waals surface area contributed by atoms with Crippen LogP contribution in [0, 0.1) is 10.8 Å². The molecule has 0 aromatic rings. The molecular weight excluding hydrogens is 82.0 g/mol. The van der Waals surface area contributed by atoms with E-state index in [2.05, 4.69) is 5.73 Å². The maximum Gasteiger partial charge on any atom is 0.214 e. The lowest BCUT2D eigenvalue weighted by atomic mass is 10.8. The minimum atomic E-state index is -0.333. The lowest BCUT2D eigenvalue weighted by Crippen LogP contribution is -2.01. The molecule has 34 valence electrons. The summed E-state index contributed by atoms with van der Waals surface area (Å²) in [6.07, 6.45) is 0. The first-order valence-electron chi connectivity index (χ1n) is 1.19. The van der Waals surface area contributed by atoms with Crippen molar-refractivity contribution in [3.8, 4) is 0 Å². The fourth-order valence-corrected chi connectivity index (χ4v) is 0. The molecule has 0 fully saturated rings. The first kappa shape index (κ1) is 8.86. The average molecular weight is 87.1 g/mol. The van der Waals surface area contributed by atoms with E-state index >= 15 is 0 Å². The van der Waals surface area contributed by atoms with E-state index in [9.17, 15) is 4.79 Å². The van der Waals surface area contributed by atoms with Gasteiger partial charge in [-0.15, -0.1) is 0 Å². The SMILES string of the molecule is CC(N)=O.N#N. The van der Waals surface area contributed by atoms with Gasteiger partial charge in [-0.05, 0) is 0 Å². The van der Waals surface area contributed by atoms with Crippen LogP contribution in [-0.2, 0) is 4.79 Å². The van der Waals surface area contributed by atoms with E-state index in [1.165, 1.54) is 6.92 Å². The van der Waals surface area contributed by atoms with Gasteiger partial charge in [0.05, 0.1) is 0 Å². The number of nitrogens with zero attached hydrogens (tertiary/aromatic N) is 2. The van der Waals surface area contributed by atoms with Gasteiger partial charge >= 0.3 is 0 Å². The fourth-order valence-electron chi connectivity index (χ4n) is 0. The molecule has 0 spiro atoms. The smallest absolute Gasteiger partial charge is 0.214 e. The standard InChI is InChI=1S/C2H5NO.N2/c1-2(3)4;1-2/h1H3,(H2,3,4);. The van der Waals surface area contributed by atoms with Crippen LogP contribution in [0.1, 0.15) is 6.92 Å². The average Bonchev–Trinajstić information content (AvgIpc) is 1.41. The second kappa shape index (κ2) is 9.10. The number of primary amides is 1. The summed E-state index contributed by atoms with van der Waals surface area (Å²) in [5.41, 5.74) is 4.47. The largest absolute Gasteiger partial charge is 0.370 e. The van der Waals surface area contributed by atoms with E-state index < -0.39 is 0 Å². The van der Waals surface area contributed by atoms with Crippen molar-refractivity contribution < 1.29 is 4.79 Å². The minimum absolute atomic E-state index is 0.333. The van der Waals surface area contributed by atoms with E-state index in [4.69, 9.17) is 10.8 Å². The third-order valence-corrected chi connectivity index (χ3v) is 0. The Bertz CT molecular complexity index is 53.1. The van der Waals surface area contributed by atoms with Crippen molar-refractivity contribution in [3.05, 3.63) is 0 Å². The maximum absolute atomic E-state index is 9.22. The van der Waals surface area contributed by atoms with Gasteiger partial charge in [-0.2, -0.15) is 0 Å². The van der Waals surface area contributed by atoms with Gasteiger partial charge in [0.25, 0.3) is 0 Å². The predicted octanol–water partition coefficient (Wildman–Crippen LogP) is -0.478. The molecule has 2 N–H and O–H groups in total. The summed E-state index contributed by atoms with van der Waals surface area (Å²) in [6.45, 7) is 1.31. The van der Waals surface area contributed by atoms with Crippen LogP contribution < -0.4 is 5.73 Å². The van der Waals surface area contributed by atoms with Crippen LogP contribution in [0.15, 0.2) is 0 Å². The number of rotatable bonds is 0. The summed E-state index contributed by atoms with van der Waals surface area (Å²) in [5.74, 6) is -0.333. The van der Waals surface area contributed by atoms with Crippen molar-refractivity contribution in [2.75, 3.05) is 0 Å². The van der Waals surface area contributed by atoms with E-state index in [0.717, 1.165) is 0 Å². The zero-order valence-corrected chi connectivity index (χ0v) is 3.38. The van der Waals surface area contributed by atoms with Crippen molar-refractivity contribution in [1.29, 1.82) is 10.8 Å². The normalized spacial score (nSPS) is 4.50. The molecular formula is C2H5N3O. The van der Waals surface area contributed by atoms with Crippen LogP contribution >= 0.6 is 0 Å². The summed E-state index contributed by atoms with van der Waals surface area (Å²) in [5, 5.41) is 12.0. The molecule has 0 atom stereocenters. The topological polar surface area (TPSA) is 90.7 Å². The molecule has 0 radical (unpaired) electrons. The van der Waals surface area contributed by atoms with Gasteiger partial charge < -0.3 is 5.73 Å². The second-order valence-electron chi connectivity index (χ2n) is 0.611. The molecule has 6 heavy (non-hydrogen) atoms. The van der Waals surface area contributed by atoms with Crippen LogP contribution in [0.4, 0.5) is 0 Å². The molecule has 1 amide bonds. The van der Waals surface area contributed by atoms with E-state index in [0.29, 0.717) is 0 Å². The van der Waals surface area contributed by atoms with Gasteiger partial charge in [-0.3, -0.25) is 4.79 Å². The molecule has 0 rings (SSSR count). The Balaban J connectivity index is 0. The number of carbonyl (C=O) groups is 1. The van der Waals surface area contributed by atoms with E-state index in [1.807, 2.05) is 0 Å². The van der Waals surface area contributed by atoms with Crippen molar-refractivity contribution >= 4 is 5.91 Å². The van der Waals surface area contributed by atoms with Crippen LogP contribution in [0.25, 0.3) is 0 Å². The molecule has 0 aliphatic rings. The number of amides is 1. The first-order chi connectivity index (χ1) is 2.73. The molecule has 0 unspecified atom stereocenters. The summed E-state index contributed by atoms with van der Waals surface area (Å²) < 4.78 is 0. The monoisotopic (exact) mass is 87.0 g/mol. The minimum Gasteiger partial charge on any atom is -0.370 e. The highest BCUT2D eigenvalue weighted by molar-refractivity contribution is 5.70. The zero-order chi connectivity index (χ0) is 5.58. The molecule has 0 aliphatic heterocycles. The second-order valence-corrected chi connectivity index (χ2v) is 0.611. The van der Waals surface area contributed by atoms with Crippen molar-refractivity contribution in [1.82, 2.24) is 0 Å². The Labute approximate surface area is 35.4 Å². The Morgan fingerprint density at radius 2 is 1.67 bits per heavy atom. The Hall–Kier alpha value is -1.11. The lowest BCUT2D eigenvalue weighted by molar-refractivity contribution is -0.115. The van der Waals surface area contributed by atoms with E-state index in [-0.39, 0.29) is 5.91 Å². The fraction of sp³-hybridized carbons (Fsp3) is 0.500. The molecule has 0 heterocycles. The van der Waals surface area contributed by atoms with Crippen LogP contribution in [0.5, 0.6) is 0 Å². The number of hydrogen-bond donors (Lipinski definition) is 1. The van der Waals surface area contributed by atoms with Gasteiger partial charge in [0.2, 0.25) is 5.91 Å². The molecule has 0 aliphatic carbocycles. The molecule has 0 saturated heterocycles. The van der Waals surface area contributed by atoms with Crippen LogP contribution in [0.3, 0.4) is 0 Å². The molecule has 4 nitrogen and oxygen atoms in total. The molecule has 4 heteroatoms. The van der Waals surface area contributed by atoms with Gasteiger partial charge in [-0.25, -0.2) is 0 Å². The number of hydrogen-bond acceptors (Lipinski definition) is 3. The van der Waals surface area contributed by atoms with Crippen LogP contribution in [-0.4, -0.2) is 5.91 Å². The zero-order valence-electron chi connectivity index (χ0n) is 3.38.